The molecule has 4 heterocycles. The van der Waals surface area contributed by atoms with Crippen LogP contribution in [-0.4, -0.2) is 24.9 Å². The van der Waals surface area contributed by atoms with Gasteiger partial charge in [-0.3, -0.25) is 9.89 Å². The van der Waals surface area contributed by atoms with Crippen molar-refractivity contribution < 1.29 is 4.52 Å². The van der Waals surface area contributed by atoms with Crippen molar-refractivity contribution in [1.82, 2.24) is 24.9 Å². The average molecular weight is 297 g/mol. The minimum Gasteiger partial charge on any atom is -0.348 e. The summed E-state index contributed by atoms with van der Waals surface area (Å²) in [6.45, 7) is 4.78. The molecule has 0 radical (unpaired) electrons. The fourth-order valence-electron chi connectivity index (χ4n) is 3.00. The lowest BCUT2D eigenvalue weighted by atomic mass is 10.1. The molecule has 3 aromatic heterocycles. The average Bonchev–Trinajstić information content (AvgIpc) is 3.18. The molecule has 22 heavy (non-hydrogen) atoms. The standard InChI is InChI=1S/C15H15N5O2/c1-8-6-10(18-17-8)15-16-14(19-22-15)13-11-4-3-5-20(11)9(2)7-12(13)21/h6-7H,3-5H2,1-2H3,(H,17,18). The number of aryl methyl sites for hydroxylation is 2. The second kappa shape index (κ2) is 4.66. The van der Waals surface area contributed by atoms with Crippen molar-refractivity contribution in [2.24, 2.45) is 0 Å². The molecule has 0 aromatic carbocycles. The van der Waals surface area contributed by atoms with Crippen molar-refractivity contribution in [3.05, 3.63) is 39.4 Å². The zero-order chi connectivity index (χ0) is 15.3. The third kappa shape index (κ3) is 1.89. The summed E-state index contributed by atoms with van der Waals surface area (Å²) < 4.78 is 7.43. The van der Waals surface area contributed by atoms with Crippen LogP contribution in [0.2, 0.25) is 0 Å². The summed E-state index contributed by atoms with van der Waals surface area (Å²) in [6.07, 6.45) is 1.89. The maximum atomic E-state index is 12.4. The number of H-pyrrole nitrogens is 1. The van der Waals surface area contributed by atoms with Crippen LogP contribution >= 0.6 is 0 Å². The van der Waals surface area contributed by atoms with E-state index in [2.05, 4.69) is 24.9 Å². The van der Waals surface area contributed by atoms with Gasteiger partial charge < -0.3 is 9.09 Å². The third-order valence-corrected chi connectivity index (χ3v) is 4.00. The second-order valence-corrected chi connectivity index (χ2v) is 5.59. The molecule has 0 saturated heterocycles. The maximum absolute atomic E-state index is 12.4. The quantitative estimate of drug-likeness (QED) is 0.779. The second-order valence-electron chi connectivity index (χ2n) is 5.59. The van der Waals surface area contributed by atoms with Crippen LogP contribution in [0.3, 0.4) is 0 Å². The summed E-state index contributed by atoms with van der Waals surface area (Å²) >= 11 is 0. The molecule has 0 atom stereocenters. The Morgan fingerprint density at radius 2 is 2.18 bits per heavy atom. The van der Waals surface area contributed by atoms with Crippen molar-refractivity contribution in [2.45, 2.75) is 33.2 Å². The smallest absolute Gasteiger partial charge is 0.278 e. The number of rotatable bonds is 2. The molecule has 7 heteroatoms. The number of aromatic nitrogens is 5. The molecule has 4 rings (SSSR count). The van der Waals surface area contributed by atoms with E-state index in [1.807, 2.05) is 19.9 Å². The first kappa shape index (κ1) is 13.0. The van der Waals surface area contributed by atoms with Gasteiger partial charge in [0.25, 0.3) is 5.89 Å². The zero-order valence-corrected chi connectivity index (χ0v) is 12.4. The number of pyridine rings is 1. The van der Waals surface area contributed by atoms with E-state index in [4.69, 9.17) is 4.52 Å². The van der Waals surface area contributed by atoms with E-state index in [0.29, 0.717) is 23.0 Å². The fourth-order valence-corrected chi connectivity index (χ4v) is 3.00. The molecular formula is C15H15N5O2. The Balaban J connectivity index is 1.86. The third-order valence-electron chi connectivity index (χ3n) is 4.00. The molecule has 1 N–H and O–H groups in total. The molecule has 0 aliphatic carbocycles. The molecule has 7 nitrogen and oxygen atoms in total. The predicted molar refractivity (Wildman–Crippen MR) is 79.4 cm³/mol. The number of nitrogens with one attached hydrogen (secondary N) is 1. The van der Waals surface area contributed by atoms with E-state index in [9.17, 15) is 4.79 Å². The van der Waals surface area contributed by atoms with E-state index >= 15 is 0 Å². The van der Waals surface area contributed by atoms with E-state index in [-0.39, 0.29) is 5.43 Å². The van der Waals surface area contributed by atoms with Gasteiger partial charge in [-0.1, -0.05) is 5.16 Å². The van der Waals surface area contributed by atoms with Crippen molar-refractivity contribution in [1.29, 1.82) is 0 Å². The Bertz CT molecular complexity index is 918. The molecule has 0 saturated carbocycles. The van der Waals surface area contributed by atoms with Crippen molar-refractivity contribution in [3.8, 4) is 23.0 Å². The van der Waals surface area contributed by atoms with Gasteiger partial charge in [-0.2, -0.15) is 10.1 Å². The van der Waals surface area contributed by atoms with Crippen LogP contribution in [0.15, 0.2) is 21.5 Å². The Kier molecular flexibility index (Phi) is 2.75. The van der Waals surface area contributed by atoms with Crippen LogP contribution in [0.5, 0.6) is 0 Å². The topological polar surface area (TPSA) is 89.6 Å². The Hall–Kier alpha value is -2.70. The minimum atomic E-state index is -0.0591. The van der Waals surface area contributed by atoms with Gasteiger partial charge in [0.2, 0.25) is 5.82 Å². The summed E-state index contributed by atoms with van der Waals surface area (Å²) in [5.74, 6) is 0.655. The summed E-state index contributed by atoms with van der Waals surface area (Å²) in [4.78, 5) is 16.8. The molecule has 0 spiro atoms. The van der Waals surface area contributed by atoms with Gasteiger partial charge in [0.05, 0.1) is 5.56 Å². The minimum absolute atomic E-state index is 0.0591. The van der Waals surface area contributed by atoms with Gasteiger partial charge in [0.15, 0.2) is 11.1 Å². The summed E-state index contributed by atoms with van der Waals surface area (Å²) in [5, 5.41) is 10.9. The normalized spacial score (nSPS) is 13.5. The van der Waals surface area contributed by atoms with Gasteiger partial charge in [-0.15, -0.1) is 0 Å². The highest BCUT2D eigenvalue weighted by Gasteiger charge is 2.23. The van der Waals surface area contributed by atoms with Gasteiger partial charge >= 0.3 is 0 Å². The predicted octanol–water partition coefficient (Wildman–Crippen LogP) is 1.85. The molecule has 0 amide bonds. The highest BCUT2D eigenvalue weighted by Crippen LogP contribution is 2.26. The largest absolute Gasteiger partial charge is 0.348 e. The van der Waals surface area contributed by atoms with Crippen LogP contribution in [-0.2, 0) is 13.0 Å². The summed E-state index contributed by atoms with van der Waals surface area (Å²) in [6, 6.07) is 3.46. The van der Waals surface area contributed by atoms with Gasteiger partial charge in [0, 0.05) is 29.7 Å². The zero-order valence-electron chi connectivity index (χ0n) is 12.4. The first-order valence-electron chi connectivity index (χ1n) is 7.23. The van der Waals surface area contributed by atoms with Gasteiger partial charge in [-0.05, 0) is 32.8 Å². The lowest BCUT2D eigenvalue weighted by Crippen LogP contribution is -2.15. The monoisotopic (exact) mass is 297 g/mol. The highest BCUT2D eigenvalue weighted by molar-refractivity contribution is 5.61. The number of fused-ring (bicyclic) bond motifs is 1. The van der Waals surface area contributed by atoms with E-state index in [0.717, 1.165) is 36.5 Å². The SMILES string of the molecule is Cc1cc(-c2nc(-c3c4n(c(C)cc3=O)CCC4)no2)n[nH]1. The molecule has 1 aliphatic heterocycles. The first-order chi connectivity index (χ1) is 10.6. The van der Waals surface area contributed by atoms with Crippen LogP contribution in [0.4, 0.5) is 0 Å². The van der Waals surface area contributed by atoms with E-state index in [1.54, 1.807) is 6.07 Å². The molecule has 0 unspecified atom stereocenters. The fraction of sp³-hybridized carbons (Fsp3) is 0.333. The molecular weight excluding hydrogens is 282 g/mol. The van der Waals surface area contributed by atoms with Crippen molar-refractivity contribution in [3.63, 3.8) is 0 Å². The summed E-state index contributed by atoms with van der Waals surface area (Å²) in [5.41, 5.74) is 3.95. The van der Waals surface area contributed by atoms with Crippen LogP contribution < -0.4 is 5.43 Å². The maximum Gasteiger partial charge on any atom is 0.278 e. The molecule has 0 fully saturated rings. The number of nitrogens with zero attached hydrogens (tertiary/aromatic N) is 4. The van der Waals surface area contributed by atoms with Crippen LogP contribution in [0, 0.1) is 13.8 Å². The number of hydrogen-bond donors (Lipinski definition) is 1. The van der Waals surface area contributed by atoms with Crippen LogP contribution in [0.25, 0.3) is 23.0 Å². The van der Waals surface area contributed by atoms with Crippen molar-refractivity contribution in [2.75, 3.05) is 0 Å². The van der Waals surface area contributed by atoms with E-state index in [1.165, 1.54) is 0 Å². The Labute approximate surface area is 126 Å². The lowest BCUT2D eigenvalue weighted by Gasteiger charge is -2.10. The first-order valence-corrected chi connectivity index (χ1v) is 7.23. The Morgan fingerprint density at radius 1 is 1.32 bits per heavy atom. The lowest BCUT2D eigenvalue weighted by molar-refractivity contribution is 0.430. The molecule has 3 aromatic rings. The van der Waals surface area contributed by atoms with Crippen LogP contribution in [0.1, 0.15) is 23.5 Å². The molecule has 0 bridgehead atoms. The number of aromatic amines is 1. The molecule has 1 aliphatic rings. The van der Waals surface area contributed by atoms with Gasteiger partial charge in [0.1, 0.15) is 0 Å². The highest BCUT2D eigenvalue weighted by atomic mass is 16.5. The number of hydrogen-bond acceptors (Lipinski definition) is 5. The van der Waals surface area contributed by atoms with Gasteiger partial charge in [-0.25, -0.2) is 0 Å². The summed E-state index contributed by atoms with van der Waals surface area (Å²) in [7, 11) is 0. The molecule has 112 valence electrons. The van der Waals surface area contributed by atoms with E-state index < -0.39 is 0 Å². The van der Waals surface area contributed by atoms with Crippen molar-refractivity contribution >= 4 is 0 Å². The Morgan fingerprint density at radius 3 is 2.95 bits per heavy atom.